The fourth-order valence-corrected chi connectivity index (χ4v) is 7.93. The summed E-state index contributed by atoms with van der Waals surface area (Å²) in [5.41, 5.74) is 3.06. The molecular formula is C29H38N2O5. The molecule has 36 heavy (non-hydrogen) atoms. The first-order valence-corrected chi connectivity index (χ1v) is 13.4. The molecule has 7 heteroatoms. The van der Waals surface area contributed by atoms with Crippen molar-refractivity contribution in [2.24, 2.45) is 33.7 Å². The van der Waals surface area contributed by atoms with Crippen molar-refractivity contribution >= 4 is 17.6 Å². The molecule has 0 aromatic heterocycles. The van der Waals surface area contributed by atoms with Crippen molar-refractivity contribution in [2.75, 3.05) is 6.61 Å². The number of carbonyl (C=O) groups excluding carboxylic acids is 1. The maximum absolute atomic E-state index is 12.3. The van der Waals surface area contributed by atoms with Gasteiger partial charge in [-0.25, -0.2) is 4.79 Å². The van der Waals surface area contributed by atoms with Crippen LogP contribution in [0, 0.1) is 28.6 Å². The van der Waals surface area contributed by atoms with E-state index < -0.39 is 17.9 Å². The second-order valence-corrected chi connectivity index (χ2v) is 11.7. The molecule has 7 atom stereocenters. The highest BCUT2D eigenvalue weighted by Crippen LogP contribution is 2.65. The van der Waals surface area contributed by atoms with Crippen molar-refractivity contribution in [1.82, 2.24) is 5.32 Å². The predicted octanol–water partition coefficient (Wildman–Crippen LogP) is 4.62. The number of carboxylic acid groups (broad SMARTS) is 1. The number of oxime groups is 1. The largest absolute Gasteiger partial charge is 0.479 e. The van der Waals surface area contributed by atoms with Gasteiger partial charge in [0.05, 0.1) is 11.8 Å². The van der Waals surface area contributed by atoms with Gasteiger partial charge in [0, 0.05) is 0 Å². The minimum Gasteiger partial charge on any atom is -0.479 e. The van der Waals surface area contributed by atoms with Crippen LogP contribution in [0.5, 0.6) is 0 Å². The number of aliphatic hydroxyl groups is 1. The minimum absolute atomic E-state index is 0.0919. The van der Waals surface area contributed by atoms with Crippen molar-refractivity contribution in [1.29, 1.82) is 0 Å². The van der Waals surface area contributed by atoms with Crippen LogP contribution in [0.4, 0.5) is 0 Å². The van der Waals surface area contributed by atoms with Gasteiger partial charge in [0.2, 0.25) is 0 Å². The average Bonchev–Trinajstić information content (AvgIpc) is 3.17. The molecule has 0 aliphatic heterocycles. The number of rotatable bonds is 6. The molecule has 0 heterocycles. The molecule has 3 fully saturated rings. The van der Waals surface area contributed by atoms with Crippen LogP contribution in [-0.2, 0) is 14.4 Å². The molecule has 4 aliphatic carbocycles. The third-order valence-electron chi connectivity index (χ3n) is 9.99. The van der Waals surface area contributed by atoms with Crippen molar-refractivity contribution in [2.45, 2.75) is 77.4 Å². The second kappa shape index (κ2) is 9.66. The Hall–Kier alpha value is -2.67. The van der Waals surface area contributed by atoms with E-state index in [1.54, 1.807) is 30.3 Å². The average molecular weight is 495 g/mol. The number of amides is 1. The van der Waals surface area contributed by atoms with E-state index >= 15 is 0 Å². The Bertz CT molecular complexity index is 1070. The van der Waals surface area contributed by atoms with Crippen LogP contribution < -0.4 is 5.32 Å². The Morgan fingerprint density at radius 2 is 1.86 bits per heavy atom. The van der Waals surface area contributed by atoms with Crippen molar-refractivity contribution < 1.29 is 24.6 Å². The van der Waals surface area contributed by atoms with E-state index in [0.717, 1.165) is 44.2 Å². The molecule has 4 aliphatic rings. The van der Waals surface area contributed by atoms with Crippen LogP contribution in [0.1, 0.15) is 76.8 Å². The number of aliphatic hydroxyl groups excluding tert-OH is 1. The fraction of sp³-hybridized carbons (Fsp3) is 0.621. The third kappa shape index (κ3) is 4.36. The summed E-state index contributed by atoms with van der Waals surface area (Å²) in [6.45, 7) is 4.41. The van der Waals surface area contributed by atoms with E-state index in [9.17, 15) is 19.8 Å². The summed E-state index contributed by atoms with van der Waals surface area (Å²) in [5.74, 6) is 0.330. The normalized spacial score (nSPS) is 37.2. The van der Waals surface area contributed by atoms with Crippen LogP contribution in [0.3, 0.4) is 0 Å². The van der Waals surface area contributed by atoms with E-state index in [1.807, 2.05) is 0 Å². The lowest BCUT2D eigenvalue weighted by Gasteiger charge is -2.57. The van der Waals surface area contributed by atoms with Gasteiger partial charge in [0.25, 0.3) is 5.91 Å². The minimum atomic E-state index is -1.12. The summed E-state index contributed by atoms with van der Waals surface area (Å²) in [6.07, 6.45) is 10.5. The maximum atomic E-state index is 12.3. The first-order valence-electron chi connectivity index (χ1n) is 13.4. The summed E-state index contributed by atoms with van der Waals surface area (Å²) in [7, 11) is 0. The SMILES string of the molecule is C[C@]12CC[C@H]3[C@@H](CCC4=C/C(=N/OCC(=O)N[C@H](C(=O)O)c5ccccc5)CC[C@@]43C)[C@@H]1CC[C@H]2O. The molecule has 0 unspecified atom stereocenters. The first-order chi connectivity index (χ1) is 17.2. The molecule has 7 nitrogen and oxygen atoms in total. The lowest BCUT2D eigenvalue weighted by Crippen LogP contribution is -2.51. The van der Waals surface area contributed by atoms with E-state index in [4.69, 9.17) is 4.84 Å². The van der Waals surface area contributed by atoms with E-state index in [2.05, 4.69) is 30.4 Å². The number of hydrogen-bond donors (Lipinski definition) is 3. The van der Waals surface area contributed by atoms with Crippen molar-refractivity contribution in [3.05, 3.63) is 47.5 Å². The fourth-order valence-electron chi connectivity index (χ4n) is 7.93. The smallest absolute Gasteiger partial charge is 0.330 e. The van der Waals surface area contributed by atoms with Gasteiger partial charge in [-0.05, 0) is 91.6 Å². The molecule has 0 bridgehead atoms. The van der Waals surface area contributed by atoms with Crippen LogP contribution in [0.25, 0.3) is 0 Å². The van der Waals surface area contributed by atoms with Gasteiger partial charge in [-0.2, -0.15) is 0 Å². The van der Waals surface area contributed by atoms with Crippen molar-refractivity contribution in [3.63, 3.8) is 0 Å². The monoisotopic (exact) mass is 494 g/mol. The molecular weight excluding hydrogens is 456 g/mol. The molecule has 1 amide bonds. The summed E-state index contributed by atoms with van der Waals surface area (Å²) >= 11 is 0. The molecule has 0 spiro atoms. The molecule has 1 aromatic rings. The Kier molecular flexibility index (Phi) is 6.70. The van der Waals surface area contributed by atoms with Gasteiger partial charge in [0.15, 0.2) is 12.6 Å². The molecule has 5 rings (SSSR count). The second-order valence-electron chi connectivity index (χ2n) is 11.7. The van der Waals surface area contributed by atoms with E-state index in [-0.39, 0.29) is 23.5 Å². The highest BCUT2D eigenvalue weighted by molar-refractivity contribution is 5.96. The van der Waals surface area contributed by atoms with Gasteiger partial charge >= 0.3 is 5.97 Å². The Morgan fingerprint density at radius 1 is 1.08 bits per heavy atom. The summed E-state index contributed by atoms with van der Waals surface area (Å²) in [4.78, 5) is 29.3. The quantitative estimate of drug-likeness (QED) is 0.500. The standard InChI is InChI=1S/C29H38N2O5/c1-28-14-12-20(31-36-17-25(33)30-26(27(34)35)18-6-4-3-5-7-18)16-19(28)8-9-21-22-10-11-24(32)29(22,2)15-13-23(21)28/h3-7,16,21-24,26,32H,8-15,17H2,1-2H3,(H,30,33)(H,34,35)/b31-20+/t21-,22-,23-,24+,26-,28-,29-/m0/s1. The number of carbonyl (C=O) groups is 2. The number of carboxylic acids is 1. The van der Waals surface area contributed by atoms with Gasteiger partial charge in [-0.1, -0.05) is 54.9 Å². The van der Waals surface area contributed by atoms with E-state index in [0.29, 0.717) is 23.3 Å². The zero-order valence-electron chi connectivity index (χ0n) is 21.3. The first kappa shape index (κ1) is 25.0. The number of nitrogens with zero attached hydrogens (tertiary/aromatic N) is 1. The predicted molar refractivity (Wildman–Crippen MR) is 136 cm³/mol. The molecule has 3 saturated carbocycles. The molecule has 1 aromatic carbocycles. The third-order valence-corrected chi connectivity index (χ3v) is 9.99. The molecule has 194 valence electrons. The number of fused-ring (bicyclic) bond motifs is 5. The number of allylic oxidation sites excluding steroid dienone is 2. The Labute approximate surface area is 213 Å². The summed E-state index contributed by atoms with van der Waals surface area (Å²) in [6, 6.07) is 7.48. The maximum Gasteiger partial charge on any atom is 0.330 e. The van der Waals surface area contributed by atoms with Gasteiger partial charge < -0.3 is 20.4 Å². The highest BCUT2D eigenvalue weighted by atomic mass is 16.6. The molecule has 0 saturated heterocycles. The van der Waals surface area contributed by atoms with Crippen LogP contribution in [0.2, 0.25) is 0 Å². The van der Waals surface area contributed by atoms with E-state index in [1.165, 1.54) is 18.4 Å². The molecule has 0 radical (unpaired) electrons. The lowest BCUT2D eigenvalue weighted by atomic mass is 9.47. The zero-order chi connectivity index (χ0) is 25.5. The molecule has 3 N–H and O–H groups in total. The number of aliphatic carboxylic acids is 1. The highest BCUT2D eigenvalue weighted by Gasteiger charge is 2.58. The number of benzene rings is 1. The van der Waals surface area contributed by atoms with Crippen LogP contribution in [0.15, 0.2) is 47.1 Å². The van der Waals surface area contributed by atoms with Crippen LogP contribution >= 0.6 is 0 Å². The lowest BCUT2D eigenvalue weighted by molar-refractivity contribution is -0.142. The van der Waals surface area contributed by atoms with Crippen LogP contribution in [-0.4, -0.2) is 40.5 Å². The van der Waals surface area contributed by atoms with Gasteiger partial charge in [-0.3, -0.25) is 4.79 Å². The van der Waals surface area contributed by atoms with Gasteiger partial charge in [0.1, 0.15) is 0 Å². The van der Waals surface area contributed by atoms with Crippen molar-refractivity contribution in [3.8, 4) is 0 Å². The topological polar surface area (TPSA) is 108 Å². The summed E-state index contributed by atoms with van der Waals surface area (Å²) in [5, 5.41) is 26.9. The van der Waals surface area contributed by atoms with Gasteiger partial charge in [-0.15, -0.1) is 0 Å². The Balaban J connectivity index is 1.21. The number of hydrogen-bond acceptors (Lipinski definition) is 5. The Morgan fingerprint density at radius 3 is 2.61 bits per heavy atom. The zero-order valence-corrected chi connectivity index (χ0v) is 21.3. The number of nitrogens with one attached hydrogen (secondary N) is 1. The summed E-state index contributed by atoms with van der Waals surface area (Å²) < 4.78 is 0.